The molecular weight excluding hydrogens is 204 g/mol. The SMILES string of the molecule is C=CCCC(Cc1csc(C)n1)NCC. The van der Waals surface area contributed by atoms with E-state index in [1.807, 2.05) is 6.08 Å². The molecule has 0 fully saturated rings. The molecule has 0 aliphatic rings. The second-order valence-corrected chi connectivity index (χ2v) is 4.74. The smallest absolute Gasteiger partial charge is 0.0897 e. The minimum Gasteiger partial charge on any atom is -0.314 e. The minimum atomic E-state index is 0.537. The third-order valence-electron chi connectivity index (χ3n) is 2.33. The van der Waals surface area contributed by atoms with E-state index in [2.05, 4.69) is 36.1 Å². The molecular formula is C12H20N2S. The van der Waals surface area contributed by atoms with E-state index in [4.69, 9.17) is 0 Å². The average molecular weight is 224 g/mol. The van der Waals surface area contributed by atoms with Crippen LogP contribution in [-0.2, 0) is 6.42 Å². The van der Waals surface area contributed by atoms with Crippen LogP contribution in [0.25, 0.3) is 0 Å². The van der Waals surface area contributed by atoms with E-state index in [-0.39, 0.29) is 0 Å². The number of nitrogens with zero attached hydrogens (tertiary/aromatic N) is 1. The zero-order valence-electron chi connectivity index (χ0n) is 9.62. The Morgan fingerprint density at radius 2 is 2.47 bits per heavy atom. The maximum atomic E-state index is 4.49. The van der Waals surface area contributed by atoms with Crippen molar-refractivity contribution in [2.24, 2.45) is 0 Å². The van der Waals surface area contributed by atoms with E-state index >= 15 is 0 Å². The fourth-order valence-corrected chi connectivity index (χ4v) is 2.26. The van der Waals surface area contributed by atoms with Crippen LogP contribution < -0.4 is 5.32 Å². The van der Waals surface area contributed by atoms with Crippen molar-refractivity contribution >= 4 is 11.3 Å². The molecule has 2 nitrogen and oxygen atoms in total. The van der Waals surface area contributed by atoms with E-state index in [1.54, 1.807) is 11.3 Å². The first-order chi connectivity index (χ1) is 7.26. The van der Waals surface area contributed by atoms with Gasteiger partial charge in [0.05, 0.1) is 10.7 Å². The minimum absolute atomic E-state index is 0.537. The highest BCUT2D eigenvalue weighted by atomic mass is 32.1. The summed E-state index contributed by atoms with van der Waals surface area (Å²) >= 11 is 1.73. The van der Waals surface area contributed by atoms with Crippen molar-refractivity contribution in [3.05, 3.63) is 28.7 Å². The van der Waals surface area contributed by atoms with Crippen molar-refractivity contribution in [1.29, 1.82) is 0 Å². The summed E-state index contributed by atoms with van der Waals surface area (Å²) in [7, 11) is 0. The summed E-state index contributed by atoms with van der Waals surface area (Å²) in [6.45, 7) is 8.98. The van der Waals surface area contributed by atoms with Gasteiger partial charge in [0, 0.05) is 17.8 Å². The van der Waals surface area contributed by atoms with Gasteiger partial charge >= 0.3 is 0 Å². The lowest BCUT2D eigenvalue weighted by Gasteiger charge is -2.15. The quantitative estimate of drug-likeness (QED) is 0.720. The van der Waals surface area contributed by atoms with Gasteiger partial charge in [-0.1, -0.05) is 13.0 Å². The Balaban J connectivity index is 2.45. The Hall–Kier alpha value is -0.670. The molecule has 84 valence electrons. The maximum Gasteiger partial charge on any atom is 0.0897 e. The molecule has 0 saturated heterocycles. The number of aryl methyl sites for hydroxylation is 1. The zero-order valence-corrected chi connectivity index (χ0v) is 10.4. The average Bonchev–Trinajstić information content (AvgIpc) is 2.61. The van der Waals surface area contributed by atoms with Crippen LogP contribution in [0.1, 0.15) is 30.5 Å². The number of rotatable bonds is 7. The summed E-state index contributed by atoms with van der Waals surface area (Å²) in [6.07, 6.45) is 5.23. The Bertz CT molecular complexity index is 294. The van der Waals surface area contributed by atoms with Gasteiger partial charge in [-0.3, -0.25) is 0 Å². The van der Waals surface area contributed by atoms with Gasteiger partial charge in [0.15, 0.2) is 0 Å². The largest absolute Gasteiger partial charge is 0.314 e. The summed E-state index contributed by atoms with van der Waals surface area (Å²) in [5.41, 5.74) is 1.22. The Kier molecular flexibility index (Phi) is 5.58. The third-order valence-corrected chi connectivity index (χ3v) is 3.16. The summed E-state index contributed by atoms with van der Waals surface area (Å²) < 4.78 is 0. The van der Waals surface area contributed by atoms with Crippen molar-refractivity contribution in [1.82, 2.24) is 10.3 Å². The highest BCUT2D eigenvalue weighted by Gasteiger charge is 2.09. The fraction of sp³-hybridized carbons (Fsp3) is 0.583. The highest BCUT2D eigenvalue weighted by molar-refractivity contribution is 7.09. The molecule has 0 saturated carbocycles. The lowest BCUT2D eigenvalue weighted by molar-refractivity contribution is 0.491. The fourth-order valence-electron chi connectivity index (χ4n) is 1.64. The van der Waals surface area contributed by atoms with Gasteiger partial charge in [-0.05, 0) is 26.3 Å². The van der Waals surface area contributed by atoms with E-state index in [9.17, 15) is 0 Å². The third kappa shape index (κ3) is 4.58. The van der Waals surface area contributed by atoms with Crippen molar-refractivity contribution in [2.75, 3.05) is 6.54 Å². The predicted octanol–water partition coefficient (Wildman–Crippen LogP) is 2.94. The van der Waals surface area contributed by atoms with Crippen molar-refractivity contribution < 1.29 is 0 Å². The first-order valence-electron chi connectivity index (χ1n) is 5.51. The van der Waals surface area contributed by atoms with Gasteiger partial charge in [-0.15, -0.1) is 17.9 Å². The van der Waals surface area contributed by atoms with Gasteiger partial charge in [-0.2, -0.15) is 0 Å². The van der Waals surface area contributed by atoms with Crippen molar-refractivity contribution in [3.8, 4) is 0 Å². The summed E-state index contributed by atoms with van der Waals surface area (Å²) in [5.74, 6) is 0. The van der Waals surface area contributed by atoms with Crippen LogP contribution in [0.3, 0.4) is 0 Å². The van der Waals surface area contributed by atoms with Crippen LogP contribution in [0.15, 0.2) is 18.0 Å². The van der Waals surface area contributed by atoms with Crippen LogP contribution in [-0.4, -0.2) is 17.6 Å². The number of allylic oxidation sites excluding steroid dienone is 1. The Morgan fingerprint density at radius 3 is 3.00 bits per heavy atom. The second kappa shape index (κ2) is 6.75. The van der Waals surface area contributed by atoms with E-state index < -0.39 is 0 Å². The molecule has 1 atom stereocenters. The lowest BCUT2D eigenvalue weighted by Crippen LogP contribution is -2.30. The molecule has 0 bridgehead atoms. The highest BCUT2D eigenvalue weighted by Crippen LogP contribution is 2.12. The summed E-state index contributed by atoms with van der Waals surface area (Å²) in [6, 6.07) is 0.537. The molecule has 1 rings (SSSR count). The van der Waals surface area contributed by atoms with Gasteiger partial charge in [0.2, 0.25) is 0 Å². The number of hydrogen-bond donors (Lipinski definition) is 1. The zero-order chi connectivity index (χ0) is 11.1. The molecule has 0 aliphatic heterocycles. The molecule has 3 heteroatoms. The first-order valence-corrected chi connectivity index (χ1v) is 6.39. The summed E-state index contributed by atoms with van der Waals surface area (Å²) in [4.78, 5) is 4.49. The Labute approximate surface area is 96.4 Å². The number of likely N-dealkylation sites (N-methyl/N-ethyl adjacent to an activating group) is 1. The van der Waals surface area contributed by atoms with E-state index in [0.29, 0.717) is 6.04 Å². The monoisotopic (exact) mass is 224 g/mol. The van der Waals surface area contributed by atoms with Crippen LogP contribution in [0.2, 0.25) is 0 Å². The van der Waals surface area contributed by atoms with Crippen LogP contribution >= 0.6 is 11.3 Å². The number of nitrogens with one attached hydrogen (secondary N) is 1. The van der Waals surface area contributed by atoms with Crippen molar-refractivity contribution in [3.63, 3.8) is 0 Å². The Morgan fingerprint density at radius 1 is 1.67 bits per heavy atom. The normalized spacial score (nSPS) is 12.7. The molecule has 1 aromatic rings. The number of aromatic nitrogens is 1. The first kappa shape index (κ1) is 12.4. The van der Waals surface area contributed by atoms with Gasteiger partial charge in [-0.25, -0.2) is 4.98 Å². The predicted molar refractivity (Wildman–Crippen MR) is 67.5 cm³/mol. The van der Waals surface area contributed by atoms with Crippen LogP contribution in [0.5, 0.6) is 0 Å². The maximum absolute atomic E-state index is 4.49. The molecule has 0 amide bonds. The summed E-state index contributed by atoms with van der Waals surface area (Å²) in [5, 5.41) is 6.81. The van der Waals surface area contributed by atoms with Crippen molar-refractivity contribution in [2.45, 2.75) is 39.2 Å². The van der Waals surface area contributed by atoms with Gasteiger partial charge in [0.1, 0.15) is 0 Å². The molecule has 0 spiro atoms. The lowest BCUT2D eigenvalue weighted by atomic mass is 10.1. The van der Waals surface area contributed by atoms with Gasteiger partial charge < -0.3 is 5.32 Å². The molecule has 15 heavy (non-hydrogen) atoms. The number of hydrogen-bond acceptors (Lipinski definition) is 3. The topological polar surface area (TPSA) is 24.9 Å². The molecule has 0 aromatic carbocycles. The molecule has 1 N–H and O–H groups in total. The molecule has 0 radical (unpaired) electrons. The van der Waals surface area contributed by atoms with Crippen LogP contribution in [0.4, 0.5) is 0 Å². The molecule has 0 aliphatic carbocycles. The number of thiazole rings is 1. The molecule has 1 unspecified atom stereocenters. The van der Waals surface area contributed by atoms with Gasteiger partial charge in [0.25, 0.3) is 0 Å². The molecule has 1 heterocycles. The second-order valence-electron chi connectivity index (χ2n) is 3.68. The van der Waals surface area contributed by atoms with E-state index in [0.717, 1.165) is 30.8 Å². The van der Waals surface area contributed by atoms with Crippen LogP contribution in [0, 0.1) is 6.92 Å². The molecule has 1 aromatic heterocycles. The van der Waals surface area contributed by atoms with E-state index in [1.165, 1.54) is 5.69 Å². The standard InChI is InChI=1S/C12H20N2S/c1-4-6-7-11(13-5-2)8-12-9-15-10(3)14-12/h4,9,11,13H,1,5-8H2,2-3H3.